The number of nitrogens with one attached hydrogen (secondary N) is 2. The summed E-state index contributed by atoms with van der Waals surface area (Å²) in [5.41, 5.74) is 6.55. The van der Waals surface area contributed by atoms with E-state index in [9.17, 15) is 9.59 Å². The van der Waals surface area contributed by atoms with Gasteiger partial charge in [-0.25, -0.2) is 4.79 Å². The van der Waals surface area contributed by atoms with Crippen LogP contribution >= 0.6 is 11.3 Å². The molecule has 7 heteroatoms. The molecule has 0 saturated carbocycles. The van der Waals surface area contributed by atoms with Crippen molar-refractivity contribution in [3.8, 4) is 6.07 Å². The molecule has 1 atom stereocenters. The van der Waals surface area contributed by atoms with E-state index in [1.807, 2.05) is 23.6 Å². The highest BCUT2D eigenvalue weighted by Gasteiger charge is 2.18. The summed E-state index contributed by atoms with van der Waals surface area (Å²) >= 11 is 1.45. The summed E-state index contributed by atoms with van der Waals surface area (Å²) < 4.78 is 0. The van der Waals surface area contributed by atoms with Gasteiger partial charge < -0.3 is 16.4 Å². The van der Waals surface area contributed by atoms with Crippen LogP contribution in [0.3, 0.4) is 0 Å². The number of benzene rings is 1. The number of nitrogens with zero attached hydrogens (tertiary/aromatic N) is 1. The molecule has 0 aliphatic carbocycles. The molecule has 1 aromatic heterocycles. The van der Waals surface area contributed by atoms with E-state index in [4.69, 9.17) is 11.0 Å². The molecule has 4 N–H and O–H groups in total. The topological polar surface area (TPSA) is 108 Å². The highest BCUT2D eigenvalue weighted by molar-refractivity contribution is 7.10. The maximum Gasteiger partial charge on any atom is 0.312 e. The van der Waals surface area contributed by atoms with Gasteiger partial charge in [-0.15, -0.1) is 11.3 Å². The average Bonchev–Trinajstić information content (AvgIpc) is 3.06. The number of rotatable bonds is 6. The smallest absolute Gasteiger partial charge is 0.312 e. The fourth-order valence-corrected chi connectivity index (χ4v) is 2.87. The zero-order valence-electron chi connectivity index (χ0n) is 12.3. The first kappa shape index (κ1) is 16.5. The number of amides is 3. The van der Waals surface area contributed by atoms with E-state index in [1.54, 1.807) is 18.2 Å². The van der Waals surface area contributed by atoms with Gasteiger partial charge in [-0.2, -0.15) is 5.26 Å². The van der Waals surface area contributed by atoms with Gasteiger partial charge in [0, 0.05) is 11.4 Å². The summed E-state index contributed by atoms with van der Waals surface area (Å²) in [6.45, 7) is 0.322. The lowest BCUT2D eigenvalue weighted by molar-refractivity contribution is -0.121. The summed E-state index contributed by atoms with van der Waals surface area (Å²) in [6, 6.07) is 11.7. The van der Waals surface area contributed by atoms with Crippen LogP contribution in [0.2, 0.25) is 0 Å². The lowest BCUT2D eigenvalue weighted by Crippen LogP contribution is -2.36. The van der Waals surface area contributed by atoms with E-state index in [1.165, 1.54) is 11.3 Å². The third-order valence-corrected chi connectivity index (χ3v) is 4.12. The van der Waals surface area contributed by atoms with Gasteiger partial charge in [0.05, 0.1) is 24.1 Å². The average molecular weight is 328 g/mol. The summed E-state index contributed by atoms with van der Waals surface area (Å²) in [6.07, 6.45) is 0.0986. The molecule has 118 valence electrons. The zero-order chi connectivity index (χ0) is 16.7. The Morgan fingerprint density at radius 2 is 2.13 bits per heavy atom. The number of hydrogen-bond donors (Lipinski definition) is 3. The molecule has 3 amide bonds. The van der Waals surface area contributed by atoms with Crippen molar-refractivity contribution in [1.29, 1.82) is 5.26 Å². The van der Waals surface area contributed by atoms with Crippen LogP contribution < -0.4 is 16.4 Å². The molecule has 0 spiro atoms. The Balaban J connectivity index is 1.94. The fourth-order valence-electron chi connectivity index (χ4n) is 2.09. The number of nitriles is 1. The Kier molecular flexibility index (Phi) is 5.72. The maximum atomic E-state index is 12.1. The second-order valence-corrected chi connectivity index (χ2v) is 5.85. The summed E-state index contributed by atoms with van der Waals surface area (Å²) in [5, 5.41) is 16.1. The number of urea groups is 1. The Morgan fingerprint density at radius 3 is 2.78 bits per heavy atom. The van der Waals surface area contributed by atoms with E-state index >= 15 is 0 Å². The number of primary amides is 1. The van der Waals surface area contributed by atoms with Gasteiger partial charge in [-0.05, 0) is 29.1 Å². The molecule has 2 aromatic rings. The number of thiophene rings is 1. The van der Waals surface area contributed by atoms with Gasteiger partial charge in [-0.1, -0.05) is 18.2 Å². The van der Waals surface area contributed by atoms with Crippen LogP contribution in [0.25, 0.3) is 0 Å². The fraction of sp³-hybridized carbons (Fsp3) is 0.188. The summed E-state index contributed by atoms with van der Waals surface area (Å²) in [7, 11) is 0. The second kappa shape index (κ2) is 7.96. The first-order valence-corrected chi connectivity index (χ1v) is 7.81. The minimum Gasteiger partial charge on any atom is -0.352 e. The predicted octanol–water partition coefficient (Wildman–Crippen LogP) is 2.04. The van der Waals surface area contributed by atoms with Gasteiger partial charge >= 0.3 is 6.03 Å². The molecule has 0 radical (unpaired) electrons. The molecule has 0 bridgehead atoms. The molecule has 0 unspecified atom stereocenters. The molecule has 0 aliphatic rings. The molecule has 0 aliphatic heterocycles. The van der Waals surface area contributed by atoms with Gasteiger partial charge in [0.1, 0.15) is 0 Å². The van der Waals surface area contributed by atoms with Crippen molar-refractivity contribution in [2.45, 2.75) is 19.0 Å². The zero-order valence-corrected chi connectivity index (χ0v) is 13.1. The molecular formula is C16H16N4O2S. The highest BCUT2D eigenvalue weighted by atomic mass is 32.1. The summed E-state index contributed by atoms with van der Waals surface area (Å²) in [5.74, 6) is -0.209. The normalized spacial score (nSPS) is 11.3. The van der Waals surface area contributed by atoms with Gasteiger partial charge in [-0.3, -0.25) is 4.79 Å². The van der Waals surface area contributed by atoms with Crippen LogP contribution in [0.5, 0.6) is 0 Å². The SMILES string of the molecule is N#Cc1cccc(CNC(=O)C[C@H](NC(N)=O)c2cccs2)c1. The van der Waals surface area contributed by atoms with Crippen LogP contribution in [0.4, 0.5) is 4.79 Å². The first-order chi connectivity index (χ1) is 11.1. The first-order valence-electron chi connectivity index (χ1n) is 6.93. The minimum absolute atomic E-state index is 0.0986. The van der Waals surface area contributed by atoms with Crippen molar-refractivity contribution in [1.82, 2.24) is 10.6 Å². The lowest BCUT2D eigenvalue weighted by Gasteiger charge is -2.16. The van der Waals surface area contributed by atoms with Crippen molar-refractivity contribution in [3.63, 3.8) is 0 Å². The quantitative estimate of drug-likeness (QED) is 0.755. The number of hydrogen-bond acceptors (Lipinski definition) is 4. The van der Waals surface area contributed by atoms with Crippen molar-refractivity contribution in [3.05, 3.63) is 57.8 Å². The number of carbonyl (C=O) groups excluding carboxylic acids is 2. The molecule has 0 saturated heterocycles. The van der Waals surface area contributed by atoms with Gasteiger partial charge in [0.25, 0.3) is 0 Å². The maximum absolute atomic E-state index is 12.1. The van der Waals surface area contributed by atoms with Gasteiger partial charge in [0.2, 0.25) is 5.91 Å². The van der Waals surface area contributed by atoms with Crippen molar-refractivity contribution >= 4 is 23.3 Å². The third-order valence-electron chi connectivity index (χ3n) is 3.14. The van der Waals surface area contributed by atoms with Crippen molar-refractivity contribution < 1.29 is 9.59 Å². The minimum atomic E-state index is -0.669. The van der Waals surface area contributed by atoms with Gasteiger partial charge in [0.15, 0.2) is 0 Å². The Bertz CT molecular complexity index is 722. The number of carbonyl (C=O) groups is 2. The van der Waals surface area contributed by atoms with Crippen LogP contribution in [0, 0.1) is 11.3 Å². The monoisotopic (exact) mass is 328 g/mol. The molecule has 23 heavy (non-hydrogen) atoms. The Hall–Kier alpha value is -2.85. The molecule has 6 nitrogen and oxygen atoms in total. The third kappa shape index (κ3) is 5.13. The van der Waals surface area contributed by atoms with Crippen molar-refractivity contribution in [2.24, 2.45) is 5.73 Å². The summed E-state index contributed by atoms with van der Waals surface area (Å²) in [4.78, 5) is 24.1. The molecule has 2 rings (SSSR count). The highest BCUT2D eigenvalue weighted by Crippen LogP contribution is 2.21. The van der Waals surface area contributed by atoms with E-state index < -0.39 is 12.1 Å². The van der Waals surface area contributed by atoms with E-state index in [-0.39, 0.29) is 12.3 Å². The standard InChI is InChI=1S/C16H16N4O2S/c17-9-11-3-1-4-12(7-11)10-19-15(21)8-13(20-16(18)22)14-5-2-6-23-14/h1-7,13H,8,10H2,(H,19,21)(H3,18,20,22)/t13-/m0/s1. The van der Waals surface area contributed by atoms with Crippen LogP contribution in [0.1, 0.15) is 28.5 Å². The number of nitrogens with two attached hydrogens (primary N) is 1. The largest absolute Gasteiger partial charge is 0.352 e. The molecule has 0 fully saturated rings. The Morgan fingerprint density at radius 1 is 1.30 bits per heavy atom. The lowest BCUT2D eigenvalue weighted by atomic mass is 10.1. The van der Waals surface area contributed by atoms with Crippen molar-refractivity contribution in [2.75, 3.05) is 0 Å². The molecule has 1 aromatic carbocycles. The van der Waals surface area contributed by atoms with Crippen LogP contribution in [-0.2, 0) is 11.3 Å². The van der Waals surface area contributed by atoms with Crippen LogP contribution in [0.15, 0.2) is 41.8 Å². The Labute approximate surface area is 137 Å². The molecule has 1 heterocycles. The second-order valence-electron chi connectivity index (χ2n) is 4.87. The van der Waals surface area contributed by atoms with E-state index in [0.29, 0.717) is 12.1 Å². The van der Waals surface area contributed by atoms with E-state index in [0.717, 1.165) is 10.4 Å². The van der Waals surface area contributed by atoms with E-state index in [2.05, 4.69) is 16.7 Å². The van der Waals surface area contributed by atoms with Crippen LogP contribution in [-0.4, -0.2) is 11.9 Å². The molecular weight excluding hydrogens is 312 g/mol. The predicted molar refractivity (Wildman–Crippen MR) is 87.4 cm³/mol.